The number of hydrogen-bond acceptors (Lipinski definition) is 8. The number of Topliss-reactive ketones (excluding diaryl/α,β-unsaturated/α-hetero) is 1. The van der Waals surface area contributed by atoms with Gasteiger partial charge in [0, 0.05) is 32.2 Å². The Kier molecular flexibility index (Phi) is 38.3. The second kappa shape index (κ2) is 35.6. The molecule has 0 aliphatic heterocycles. The van der Waals surface area contributed by atoms with E-state index in [9.17, 15) is 4.79 Å². The monoisotopic (exact) mass is 571 g/mol. The zero-order chi connectivity index (χ0) is 30.9. The molecule has 2 aliphatic carbocycles. The van der Waals surface area contributed by atoms with Gasteiger partial charge in [0.05, 0.1) is 33.2 Å². The lowest BCUT2D eigenvalue weighted by Crippen LogP contribution is -2.38. The van der Waals surface area contributed by atoms with Crippen LogP contribution in [0.5, 0.6) is 0 Å². The lowest BCUT2D eigenvalue weighted by Gasteiger charge is -2.28. The molecule has 0 heterocycles. The summed E-state index contributed by atoms with van der Waals surface area (Å²) in [5, 5.41) is 6.26. The Morgan fingerprint density at radius 1 is 1.02 bits per heavy atom. The van der Waals surface area contributed by atoms with Crippen LogP contribution in [0.3, 0.4) is 0 Å². The topological polar surface area (TPSA) is 106 Å². The van der Waals surface area contributed by atoms with Gasteiger partial charge in [0.2, 0.25) is 0 Å². The fourth-order valence-corrected chi connectivity index (χ4v) is 4.13. The van der Waals surface area contributed by atoms with E-state index in [4.69, 9.17) is 20.0 Å². The third kappa shape index (κ3) is 28.1. The first-order valence-electron chi connectivity index (χ1n) is 15.6. The van der Waals surface area contributed by atoms with Crippen molar-refractivity contribution in [2.45, 2.75) is 99.0 Å². The third-order valence-electron chi connectivity index (χ3n) is 6.52. The molecule has 40 heavy (non-hydrogen) atoms. The van der Waals surface area contributed by atoms with Crippen molar-refractivity contribution in [3.05, 3.63) is 24.8 Å². The van der Waals surface area contributed by atoms with Crippen molar-refractivity contribution in [3.8, 4) is 0 Å². The number of rotatable bonds is 18. The molecule has 2 saturated carbocycles. The molecule has 2 fully saturated rings. The molecular weight excluding hydrogens is 504 g/mol. The van der Waals surface area contributed by atoms with Gasteiger partial charge in [-0.2, -0.15) is 0 Å². The molecule has 0 aromatic rings. The molecule has 2 aliphatic rings. The zero-order valence-electron chi connectivity index (χ0n) is 27.1. The Balaban J connectivity index is -0.000000824. The van der Waals surface area contributed by atoms with Crippen molar-refractivity contribution >= 4 is 12.6 Å². The van der Waals surface area contributed by atoms with E-state index < -0.39 is 0 Å². The van der Waals surface area contributed by atoms with Crippen LogP contribution >= 0.6 is 0 Å². The van der Waals surface area contributed by atoms with E-state index in [1.54, 1.807) is 13.0 Å². The molecule has 0 amide bonds. The minimum Gasteiger partial charge on any atom is -0.365 e. The van der Waals surface area contributed by atoms with Gasteiger partial charge in [0.1, 0.15) is 12.6 Å². The highest BCUT2D eigenvalue weighted by Gasteiger charge is 2.20. The SMILES string of the molecule is C/C=C\CN(CCOCNCC1CCC1)COC[C@@H](N)C1CCCCC1.C=CCNCC(C)=O.C=O.CC.CC. The predicted molar refractivity (Wildman–Crippen MR) is 171 cm³/mol. The summed E-state index contributed by atoms with van der Waals surface area (Å²) in [7, 11) is 0. The van der Waals surface area contributed by atoms with Gasteiger partial charge in [-0.15, -0.1) is 6.58 Å². The van der Waals surface area contributed by atoms with E-state index >= 15 is 0 Å². The number of allylic oxidation sites excluding steroid dienone is 1. The van der Waals surface area contributed by atoms with Gasteiger partial charge in [-0.05, 0) is 51.4 Å². The van der Waals surface area contributed by atoms with Crippen LogP contribution in [0.25, 0.3) is 0 Å². The van der Waals surface area contributed by atoms with E-state index in [0.29, 0.717) is 39.1 Å². The summed E-state index contributed by atoms with van der Waals surface area (Å²) in [6.07, 6.45) is 16.7. The van der Waals surface area contributed by atoms with Crippen LogP contribution in [0.15, 0.2) is 24.8 Å². The first-order chi connectivity index (χ1) is 19.6. The second-order valence-electron chi connectivity index (χ2n) is 9.63. The second-order valence-corrected chi connectivity index (χ2v) is 9.63. The van der Waals surface area contributed by atoms with Gasteiger partial charge < -0.3 is 25.3 Å². The predicted octanol–water partition coefficient (Wildman–Crippen LogP) is 5.33. The number of carbonyl (C=O) groups excluding carboxylic acids is 2. The Hall–Kier alpha value is -1.42. The summed E-state index contributed by atoms with van der Waals surface area (Å²) in [6.45, 7) is 23.8. The van der Waals surface area contributed by atoms with Gasteiger partial charge in [-0.3, -0.25) is 15.0 Å². The molecule has 8 nitrogen and oxygen atoms in total. The summed E-state index contributed by atoms with van der Waals surface area (Å²) in [5.74, 6) is 1.69. The van der Waals surface area contributed by atoms with Gasteiger partial charge in [0.25, 0.3) is 0 Å². The maximum Gasteiger partial charge on any atom is 0.143 e. The highest BCUT2D eigenvalue weighted by molar-refractivity contribution is 5.77. The van der Waals surface area contributed by atoms with Gasteiger partial charge >= 0.3 is 0 Å². The maximum atomic E-state index is 10.2. The number of hydrogen-bond donors (Lipinski definition) is 3. The highest BCUT2D eigenvalue weighted by atomic mass is 16.5. The first-order valence-corrected chi connectivity index (χ1v) is 15.6. The molecular formula is C32H66N4O4. The number of nitrogens with one attached hydrogen (secondary N) is 2. The molecule has 0 aromatic heterocycles. The van der Waals surface area contributed by atoms with Crippen LogP contribution in [-0.2, 0) is 19.1 Å². The zero-order valence-corrected chi connectivity index (χ0v) is 27.1. The number of nitrogens with two attached hydrogens (primary N) is 1. The van der Waals surface area contributed by atoms with Crippen molar-refractivity contribution in [1.29, 1.82) is 0 Å². The third-order valence-corrected chi connectivity index (χ3v) is 6.52. The van der Waals surface area contributed by atoms with Crippen LogP contribution in [0, 0.1) is 11.8 Å². The van der Waals surface area contributed by atoms with Crippen LogP contribution < -0.4 is 16.4 Å². The van der Waals surface area contributed by atoms with Gasteiger partial charge in [0.15, 0.2) is 0 Å². The fraction of sp³-hybridized carbons (Fsp3) is 0.812. The molecule has 0 saturated heterocycles. The lowest BCUT2D eigenvalue weighted by molar-refractivity contribution is -0.116. The Morgan fingerprint density at radius 3 is 2.20 bits per heavy atom. The summed E-state index contributed by atoms with van der Waals surface area (Å²) >= 11 is 0. The average molecular weight is 571 g/mol. The van der Waals surface area contributed by atoms with Crippen molar-refractivity contribution in [2.24, 2.45) is 17.6 Å². The molecule has 1 atom stereocenters. The van der Waals surface area contributed by atoms with Crippen molar-refractivity contribution in [2.75, 3.05) is 59.4 Å². The fourth-order valence-electron chi connectivity index (χ4n) is 4.13. The first kappa shape index (κ1) is 43.0. The Morgan fingerprint density at radius 2 is 1.68 bits per heavy atom. The quantitative estimate of drug-likeness (QED) is 0.115. The molecule has 4 N–H and O–H groups in total. The number of carbonyl (C=O) groups is 2. The highest BCUT2D eigenvalue weighted by Crippen LogP contribution is 2.26. The van der Waals surface area contributed by atoms with Crippen LogP contribution in [0.1, 0.15) is 92.9 Å². The van der Waals surface area contributed by atoms with Gasteiger partial charge in [-0.1, -0.05) is 71.6 Å². The van der Waals surface area contributed by atoms with Crippen molar-refractivity contribution in [1.82, 2.24) is 15.5 Å². The number of ether oxygens (including phenoxy) is 2. The normalized spacial score (nSPS) is 15.6. The van der Waals surface area contributed by atoms with E-state index in [1.165, 1.54) is 51.4 Å². The number of nitrogens with zero attached hydrogens (tertiary/aromatic N) is 1. The van der Waals surface area contributed by atoms with Crippen LogP contribution in [0.4, 0.5) is 0 Å². The number of ketones is 1. The van der Waals surface area contributed by atoms with E-state index in [1.807, 2.05) is 34.5 Å². The molecule has 2 rings (SSSR count). The summed E-state index contributed by atoms with van der Waals surface area (Å²) in [5.41, 5.74) is 6.34. The molecule has 0 spiro atoms. The van der Waals surface area contributed by atoms with E-state index in [0.717, 1.165) is 32.2 Å². The van der Waals surface area contributed by atoms with Crippen molar-refractivity contribution < 1.29 is 19.1 Å². The molecule has 0 unspecified atom stereocenters. The summed E-state index contributed by atoms with van der Waals surface area (Å²) in [6, 6.07) is 0.186. The van der Waals surface area contributed by atoms with E-state index in [-0.39, 0.29) is 11.8 Å². The largest absolute Gasteiger partial charge is 0.365 e. The van der Waals surface area contributed by atoms with Crippen molar-refractivity contribution in [3.63, 3.8) is 0 Å². The maximum absolute atomic E-state index is 10.2. The standard InChI is InChI=1S/C21H41N3O2.C6H11NO.2C2H6.CH2O/c1-2-3-12-24(13-14-25-17-23-15-19-8-7-9-19)18-26-16-21(22)20-10-5-4-6-11-20;1-3-4-7-5-6(2)8;3*1-2/h2-3,19-21,23H,4-18,22H2,1H3;3,7H,1,4-5H2,2H3;2*1-2H3;1H2/b3-2-;;;;/t21-;;;;/m1..../s1. The Labute approximate surface area is 247 Å². The summed E-state index contributed by atoms with van der Waals surface area (Å²) < 4.78 is 11.7. The molecule has 0 aromatic carbocycles. The minimum atomic E-state index is 0.159. The van der Waals surface area contributed by atoms with Gasteiger partial charge in [-0.25, -0.2) is 0 Å². The minimum absolute atomic E-state index is 0.159. The van der Waals surface area contributed by atoms with E-state index in [2.05, 4.69) is 41.2 Å². The smallest absolute Gasteiger partial charge is 0.143 e. The lowest BCUT2D eigenvalue weighted by atomic mass is 9.84. The molecule has 238 valence electrons. The average Bonchev–Trinajstić information content (AvgIpc) is 2.98. The van der Waals surface area contributed by atoms with Crippen LogP contribution in [-0.4, -0.2) is 82.9 Å². The van der Waals surface area contributed by atoms with Crippen LogP contribution in [0.2, 0.25) is 0 Å². The molecule has 0 radical (unpaired) electrons. The Bertz CT molecular complexity index is 553. The summed E-state index contributed by atoms with van der Waals surface area (Å²) in [4.78, 5) is 20.5. The molecule has 8 heteroatoms. The molecule has 0 bridgehead atoms.